The number of aromatic nitrogens is 2. The van der Waals surface area contributed by atoms with Gasteiger partial charge in [-0.05, 0) is 60.7 Å². The molecule has 1 amide bonds. The average Bonchev–Trinajstić information content (AvgIpc) is 2.89. The fourth-order valence-electron chi connectivity index (χ4n) is 4.20. The van der Waals surface area contributed by atoms with E-state index in [1.807, 2.05) is 60.7 Å². The molecule has 0 spiro atoms. The molecule has 2 heterocycles. The summed E-state index contributed by atoms with van der Waals surface area (Å²) in [7, 11) is 1.63. The molecule has 0 aliphatic carbocycles. The first-order chi connectivity index (χ1) is 16.2. The third kappa shape index (κ3) is 4.51. The number of carbonyl (C=O) groups is 1. The quantitative estimate of drug-likeness (QED) is 0.443. The monoisotopic (exact) mass is 438 g/mol. The van der Waals surface area contributed by atoms with Crippen LogP contribution in [0.1, 0.15) is 29.6 Å². The van der Waals surface area contributed by atoms with Crippen LogP contribution in [0.3, 0.4) is 0 Å². The Labute approximate surface area is 193 Å². The van der Waals surface area contributed by atoms with Gasteiger partial charge in [-0.25, -0.2) is 9.97 Å². The zero-order valence-electron chi connectivity index (χ0n) is 18.6. The van der Waals surface area contributed by atoms with Gasteiger partial charge in [-0.2, -0.15) is 0 Å². The summed E-state index contributed by atoms with van der Waals surface area (Å²) < 4.78 is 5.52. The van der Waals surface area contributed by atoms with E-state index >= 15 is 0 Å². The second-order valence-electron chi connectivity index (χ2n) is 8.21. The molecule has 0 atom stereocenters. The van der Waals surface area contributed by atoms with Crippen LogP contribution in [-0.4, -0.2) is 36.1 Å². The van der Waals surface area contributed by atoms with Crippen molar-refractivity contribution >= 4 is 28.4 Å². The van der Waals surface area contributed by atoms with Crippen molar-refractivity contribution in [2.75, 3.05) is 30.4 Å². The number of nitrogens with one attached hydrogen (secondary N) is 1. The first-order valence-corrected chi connectivity index (χ1v) is 11.3. The zero-order chi connectivity index (χ0) is 22.6. The minimum Gasteiger partial charge on any atom is -0.478 e. The highest BCUT2D eigenvalue weighted by molar-refractivity contribution is 6.05. The van der Waals surface area contributed by atoms with E-state index in [0.29, 0.717) is 17.1 Å². The first-order valence-electron chi connectivity index (χ1n) is 11.3. The van der Waals surface area contributed by atoms with Gasteiger partial charge in [0.2, 0.25) is 0 Å². The molecule has 1 aromatic heterocycles. The van der Waals surface area contributed by atoms with Crippen LogP contribution >= 0.6 is 0 Å². The van der Waals surface area contributed by atoms with Crippen LogP contribution in [0.4, 0.5) is 11.5 Å². The smallest absolute Gasteiger partial charge is 0.257 e. The van der Waals surface area contributed by atoms with Crippen molar-refractivity contribution in [3.63, 3.8) is 0 Å². The molecule has 4 aromatic rings. The topological polar surface area (TPSA) is 67.3 Å². The number of methoxy groups -OCH3 is 1. The molecule has 6 nitrogen and oxygen atoms in total. The number of fused-ring (bicyclic) bond motifs is 1. The summed E-state index contributed by atoms with van der Waals surface area (Å²) >= 11 is 0. The van der Waals surface area contributed by atoms with Gasteiger partial charge in [0.1, 0.15) is 0 Å². The Kier molecular flexibility index (Phi) is 5.89. The lowest BCUT2D eigenvalue weighted by Gasteiger charge is -2.28. The Morgan fingerprint density at radius 2 is 1.58 bits per heavy atom. The maximum Gasteiger partial charge on any atom is 0.257 e. The number of amides is 1. The number of ether oxygens (including phenoxy) is 1. The Balaban J connectivity index is 1.37. The standard InChI is InChI=1S/C27H26N4O2/c1-33-27-25(31-16-6-3-7-17-31)29-24-18-22(14-15-23(24)30-27)28-26(32)21-12-10-20(11-13-21)19-8-4-2-5-9-19/h2,4-5,8-15,18H,3,6-7,16-17H2,1H3,(H,28,32). The van der Waals surface area contributed by atoms with Gasteiger partial charge >= 0.3 is 0 Å². The Morgan fingerprint density at radius 3 is 2.30 bits per heavy atom. The van der Waals surface area contributed by atoms with Crippen molar-refractivity contribution in [3.05, 3.63) is 78.4 Å². The Hall–Kier alpha value is -3.93. The number of hydrogen-bond acceptors (Lipinski definition) is 5. The van der Waals surface area contributed by atoms with Gasteiger partial charge in [0, 0.05) is 24.3 Å². The van der Waals surface area contributed by atoms with Crippen LogP contribution < -0.4 is 15.0 Å². The third-order valence-electron chi connectivity index (χ3n) is 5.98. The van der Waals surface area contributed by atoms with Gasteiger partial charge in [0.05, 0.1) is 18.1 Å². The molecular formula is C27H26N4O2. The fraction of sp³-hybridized carbons (Fsp3) is 0.222. The molecule has 5 rings (SSSR count). The van der Waals surface area contributed by atoms with E-state index in [1.54, 1.807) is 7.11 Å². The van der Waals surface area contributed by atoms with E-state index in [2.05, 4.69) is 27.3 Å². The minimum absolute atomic E-state index is 0.160. The summed E-state index contributed by atoms with van der Waals surface area (Å²) in [6, 6.07) is 23.3. The molecule has 6 heteroatoms. The SMILES string of the molecule is COc1nc2ccc(NC(=O)c3ccc(-c4ccccc4)cc3)cc2nc1N1CCCCC1. The van der Waals surface area contributed by atoms with Gasteiger partial charge in [0.25, 0.3) is 11.8 Å². The summed E-state index contributed by atoms with van der Waals surface area (Å²) in [5.41, 5.74) is 4.95. The fourth-order valence-corrected chi connectivity index (χ4v) is 4.20. The van der Waals surface area contributed by atoms with Gasteiger partial charge in [-0.15, -0.1) is 0 Å². The Bertz CT molecular complexity index is 1270. The molecule has 3 aromatic carbocycles. The molecular weight excluding hydrogens is 412 g/mol. The number of rotatable bonds is 5. The summed E-state index contributed by atoms with van der Waals surface area (Å²) in [5.74, 6) is 1.15. The highest BCUT2D eigenvalue weighted by atomic mass is 16.5. The van der Waals surface area contributed by atoms with E-state index < -0.39 is 0 Å². The van der Waals surface area contributed by atoms with E-state index in [0.717, 1.165) is 53.9 Å². The second kappa shape index (κ2) is 9.28. The molecule has 1 N–H and O–H groups in total. The highest BCUT2D eigenvalue weighted by Gasteiger charge is 2.19. The highest BCUT2D eigenvalue weighted by Crippen LogP contribution is 2.30. The molecule has 0 radical (unpaired) electrons. The molecule has 1 fully saturated rings. The molecule has 1 aliphatic rings. The lowest BCUT2D eigenvalue weighted by molar-refractivity contribution is 0.102. The van der Waals surface area contributed by atoms with Crippen LogP contribution in [0.15, 0.2) is 72.8 Å². The lowest BCUT2D eigenvalue weighted by Crippen LogP contribution is -2.30. The van der Waals surface area contributed by atoms with Gasteiger partial charge in [-0.3, -0.25) is 4.79 Å². The third-order valence-corrected chi connectivity index (χ3v) is 5.98. The van der Waals surface area contributed by atoms with E-state index in [9.17, 15) is 4.79 Å². The number of piperidine rings is 1. The molecule has 166 valence electrons. The van der Waals surface area contributed by atoms with Crippen LogP contribution in [0.5, 0.6) is 5.88 Å². The maximum atomic E-state index is 12.8. The number of carbonyl (C=O) groups excluding carboxylic acids is 1. The summed E-state index contributed by atoms with van der Waals surface area (Å²) in [5, 5.41) is 2.99. The molecule has 0 unspecified atom stereocenters. The first kappa shape index (κ1) is 20.9. The molecule has 0 saturated carbocycles. The molecule has 1 saturated heterocycles. The lowest BCUT2D eigenvalue weighted by atomic mass is 10.0. The van der Waals surface area contributed by atoms with Gasteiger partial charge in [-0.1, -0.05) is 42.5 Å². The summed E-state index contributed by atoms with van der Waals surface area (Å²) in [6.07, 6.45) is 3.52. The van der Waals surface area contributed by atoms with Crippen LogP contribution in [-0.2, 0) is 0 Å². The van der Waals surface area contributed by atoms with Crippen molar-refractivity contribution < 1.29 is 9.53 Å². The largest absolute Gasteiger partial charge is 0.478 e. The van der Waals surface area contributed by atoms with Crippen molar-refractivity contribution in [3.8, 4) is 17.0 Å². The van der Waals surface area contributed by atoms with Crippen LogP contribution in [0.2, 0.25) is 0 Å². The van der Waals surface area contributed by atoms with Crippen LogP contribution in [0.25, 0.3) is 22.2 Å². The average molecular weight is 439 g/mol. The molecule has 1 aliphatic heterocycles. The number of anilines is 2. The number of benzene rings is 3. The van der Waals surface area contributed by atoms with Crippen molar-refractivity contribution in [2.24, 2.45) is 0 Å². The number of hydrogen-bond donors (Lipinski definition) is 1. The second-order valence-corrected chi connectivity index (χ2v) is 8.21. The van der Waals surface area contributed by atoms with Crippen molar-refractivity contribution in [1.29, 1.82) is 0 Å². The molecule has 0 bridgehead atoms. The van der Waals surface area contributed by atoms with Gasteiger partial charge in [0.15, 0.2) is 5.82 Å². The normalized spacial score (nSPS) is 13.7. The minimum atomic E-state index is -0.160. The Morgan fingerprint density at radius 1 is 0.848 bits per heavy atom. The van der Waals surface area contributed by atoms with Crippen LogP contribution in [0, 0.1) is 0 Å². The van der Waals surface area contributed by atoms with Gasteiger partial charge < -0.3 is 15.0 Å². The summed E-state index contributed by atoms with van der Waals surface area (Å²) in [6.45, 7) is 1.90. The summed E-state index contributed by atoms with van der Waals surface area (Å²) in [4.78, 5) is 24.6. The van der Waals surface area contributed by atoms with E-state index in [-0.39, 0.29) is 5.91 Å². The zero-order valence-corrected chi connectivity index (χ0v) is 18.6. The van der Waals surface area contributed by atoms with E-state index in [1.165, 1.54) is 6.42 Å². The van der Waals surface area contributed by atoms with Crippen molar-refractivity contribution in [1.82, 2.24) is 9.97 Å². The van der Waals surface area contributed by atoms with Crippen molar-refractivity contribution in [2.45, 2.75) is 19.3 Å². The predicted octanol–water partition coefficient (Wildman–Crippen LogP) is 5.55. The van der Waals surface area contributed by atoms with E-state index in [4.69, 9.17) is 9.72 Å². The maximum absolute atomic E-state index is 12.8. The predicted molar refractivity (Wildman–Crippen MR) is 132 cm³/mol. The molecule has 33 heavy (non-hydrogen) atoms. The number of nitrogens with zero attached hydrogens (tertiary/aromatic N) is 3.